The molecule has 3 N–H and O–H groups in total. The SMILES string of the molecule is Cc1ccccc1[C@H]1[C@@H]2CC(CCO)(CCO)C(=O)N2CCN1C(=O)N(C)[C@H](CO)c1cccc(C(F)(F)F)c1. The molecule has 2 aromatic carbocycles. The van der Waals surface area contributed by atoms with Crippen molar-refractivity contribution in [2.75, 3.05) is 40.0 Å². The third kappa shape index (κ3) is 5.42. The van der Waals surface area contributed by atoms with Crippen molar-refractivity contribution in [2.24, 2.45) is 5.41 Å². The van der Waals surface area contributed by atoms with Gasteiger partial charge >= 0.3 is 12.2 Å². The maximum Gasteiger partial charge on any atom is 0.416 e. The highest BCUT2D eigenvalue weighted by atomic mass is 19.4. The Balaban J connectivity index is 1.72. The lowest BCUT2D eigenvalue weighted by atomic mass is 9.77. The predicted octanol–water partition coefficient (Wildman–Crippen LogP) is 3.51. The second kappa shape index (κ2) is 11.8. The molecule has 2 saturated heterocycles. The maximum absolute atomic E-state index is 14.1. The minimum absolute atomic E-state index is 0.153. The lowest BCUT2D eigenvalue weighted by Crippen LogP contribution is -2.58. The van der Waals surface area contributed by atoms with Crippen LogP contribution in [0.25, 0.3) is 0 Å². The van der Waals surface area contributed by atoms with E-state index in [-0.39, 0.29) is 50.6 Å². The summed E-state index contributed by atoms with van der Waals surface area (Å²) < 4.78 is 40.1. The van der Waals surface area contributed by atoms with Crippen LogP contribution in [-0.2, 0) is 11.0 Å². The topological polar surface area (TPSA) is 105 Å². The number of urea groups is 1. The summed E-state index contributed by atoms with van der Waals surface area (Å²) in [7, 11) is 1.45. The first kappa shape index (κ1) is 29.8. The van der Waals surface area contributed by atoms with Gasteiger partial charge in [-0.05, 0) is 55.0 Å². The van der Waals surface area contributed by atoms with E-state index < -0.39 is 47.9 Å². The minimum atomic E-state index is -4.57. The molecule has 2 aliphatic heterocycles. The molecule has 40 heavy (non-hydrogen) atoms. The molecule has 0 aliphatic carbocycles. The Hall–Kier alpha value is -3.15. The van der Waals surface area contributed by atoms with E-state index >= 15 is 0 Å². The molecule has 0 saturated carbocycles. The lowest BCUT2D eigenvalue weighted by Gasteiger charge is -2.47. The van der Waals surface area contributed by atoms with Gasteiger partial charge in [0.05, 0.1) is 35.7 Å². The van der Waals surface area contributed by atoms with Gasteiger partial charge < -0.3 is 30.0 Å². The highest BCUT2D eigenvalue weighted by Gasteiger charge is 2.56. The van der Waals surface area contributed by atoms with Crippen molar-refractivity contribution in [2.45, 2.75) is 50.5 Å². The first-order chi connectivity index (χ1) is 19.0. The number of fused-ring (bicyclic) bond motifs is 1. The standard InChI is InChI=1S/C29H36F3N3O5/c1-19-6-3-4-9-22(19)25-23-17-28(10-14-36,11-15-37)26(39)34(23)12-13-35(25)27(40)33(2)24(18-38)20-7-5-8-21(16-20)29(30,31)32/h3-9,16,23-25,36-38H,10-15,17-18H2,1-2H3/t23-,24+,25-/m0/s1. The number of hydrogen-bond donors (Lipinski definition) is 3. The minimum Gasteiger partial charge on any atom is -0.396 e. The van der Waals surface area contributed by atoms with Crippen LogP contribution in [0, 0.1) is 12.3 Å². The molecule has 2 aliphatic rings. The molecule has 8 nitrogen and oxygen atoms in total. The summed E-state index contributed by atoms with van der Waals surface area (Å²) >= 11 is 0. The number of alkyl halides is 3. The third-order valence-electron chi connectivity index (χ3n) is 8.47. The second-order valence-corrected chi connectivity index (χ2v) is 10.7. The Labute approximate surface area is 231 Å². The van der Waals surface area contributed by atoms with Crippen molar-refractivity contribution in [3.63, 3.8) is 0 Å². The van der Waals surface area contributed by atoms with Crippen LogP contribution in [0.2, 0.25) is 0 Å². The van der Waals surface area contributed by atoms with Gasteiger partial charge in [0.15, 0.2) is 0 Å². The van der Waals surface area contributed by atoms with Gasteiger partial charge in [-0.1, -0.05) is 36.4 Å². The van der Waals surface area contributed by atoms with Crippen molar-refractivity contribution in [1.29, 1.82) is 0 Å². The number of carbonyl (C=O) groups excluding carboxylic acids is 2. The molecule has 0 radical (unpaired) electrons. The number of amides is 3. The van der Waals surface area contributed by atoms with Gasteiger partial charge in [0.1, 0.15) is 0 Å². The molecule has 2 heterocycles. The first-order valence-electron chi connectivity index (χ1n) is 13.4. The van der Waals surface area contributed by atoms with E-state index in [0.717, 1.165) is 23.3 Å². The van der Waals surface area contributed by atoms with Gasteiger partial charge in [0.25, 0.3) is 0 Å². The average molecular weight is 564 g/mol. The van der Waals surface area contributed by atoms with Crippen LogP contribution < -0.4 is 0 Å². The van der Waals surface area contributed by atoms with E-state index in [0.29, 0.717) is 6.42 Å². The number of aliphatic hydroxyl groups is 3. The average Bonchev–Trinajstić information content (AvgIpc) is 3.19. The number of likely N-dealkylation sites (N-methyl/N-ethyl adjacent to an activating group) is 1. The zero-order valence-electron chi connectivity index (χ0n) is 22.6. The van der Waals surface area contributed by atoms with Gasteiger partial charge in [-0.15, -0.1) is 0 Å². The largest absolute Gasteiger partial charge is 0.416 e. The molecule has 218 valence electrons. The third-order valence-corrected chi connectivity index (χ3v) is 8.47. The molecule has 3 atom stereocenters. The van der Waals surface area contributed by atoms with Crippen molar-refractivity contribution >= 4 is 11.9 Å². The van der Waals surface area contributed by atoms with Crippen molar-refractivity contribution in [3.05, 3.63) is 70.8 Å². The normalized spacial score (nSPS) is 21.4. The summed E-state index contributed by atoms with van der Waals surface area (Å²) in [6, 6.07) is 9.57. The first-order valence-corrected chi connectivity index (χ1v) is 13.4. The van der Waals surface area contributed by atoms with Crippen LogP contribution >= 0.6 is 0 Å². The van der Waals surface area contributed by atoms with Crippen LogP contribution in [0.1, 0.15) is 53.6 Å². The molecule has 3 amide bonds. The van der Waals surface area contributed by atoms with Crippen LogP contribution in [0.3, 0.4) is 0 Å². The van der Waals surface area contributed by atoms with Gasteiger partial charge in [-0.2, -0.15) is 13.2 Å². The fourth-order valence-corrected chi connectivity index (χ4v) is 6.35. The van der Waals surface area contributed by atoms with E-state index in [2.05, 4.69) is 0 Å². The van der Waals surface area contributed by atoms with Crippen molar-refractivity contribution in [3.8, 4) is 0 Å². The molecule has 0 unspecified atom stereocenters. The molecule has 0 spiro atoms. The smallest absolute Gasteiger partial charge is 0.396 e. The summed E-state index contributed by atoms with van der Waals surface area (Å²) in [5, 5.41) is 29.7. The van der Waals surface area contributed by atoms with E-state index in [1.807, 2.05) is 31.2 Å². The van der Waals surface area contributed by atoms with E-state index in [1.54, 1.807) is 9.80 Å². The van der Waals surface area contributed by atoms with Crippen LogP contribution in [-0.4, -0.2) is 88.0 Å². The van der Waals surface area contributed by atoms with E-state index in [9.17, 15) is 38.1 Å². The molecule has 0 aromatic heterocycles. The molecule has 4 rings (SSSR count). The fraction of sp³-hybridized carbons (Fsp3) is 0.517. The number of piperazine rings is 1. The Morgan fingerprint density at radius 2 is 1.75 bits per heavy atom. The number of rotatable bonds is 8. The molecule has 2 aromatic rings. The summed E-state index contributed by atoms with van der Waals surface area (Å²) in [6.45, 7) is 1.28. The van der Waals surface area contributed by atoms with Crippen molar-refractivity contribution in [1.82, 2.24) is 14.7 Å². The number of aryl methyl sites for hydroxylation is 1. The number of halogens is 3. The predicted molar refractivity (Wildman–Crippen MR) is 141 cm³/mol. The molecule has 2 fully saturated rings. The van der Waals surface area contributed by atoms with Crippen LogP contribution in [0.4, 0.5) is 18.0 Å². The Morgan fingerprint density at radius 1 is 1.07 bits per heavy atom. The molecule has 0 bridgehead atoms. The molecular formula is C29H36F3N3O5. The van der Waals surface area contributed by atoms with E-state index in [4.69, 9.17) is 0 Å². The Morgan fingerprint density at radius 3 is 2.35 bits per heavy atom. The van der Waals surface area contributed by atoms with Crippen molar-refractivity contribution < 1.29 is 38.1 Å². The Kier molecular flexibility index (Phi) is 8.77. The quantitative estimate of drug-likeness (QED) is 0.456. The summed E-state index contributed by atoms with van der Waals surface area (Å²) in [6.07, 6.45) is -3.86. The lowest BCUT2D eigenvalue weighted by molar-refractivity contribution is -0.140. The summed E-state index contributed by atoms with van der Waals surface area (Å²) in [5.41, 5.74) is 0.0615. The number of hydrogen-bond acceptors (Lipinski definition) is 5. The highest BCUT2D eigenvalue weighted by Crippen LogP contribution is 2.49. The van der Waals surface area contributed by atoms with Gasteiger partial charge in [0.2, 0.25) is 5.91 Å². The Bertz CT molecular complexity index is 1220. The number of nitrogens with zero attached hydrogens (tertiary/aromatic N) is 3. The maximum atomic E-state index is 14.1. The zero-order valence-corrected chi connectivity index (χ0v) is 22.6. The van der Waals surface area contributed by atoms with E-state index in [1.165, 1.54) is 24.1 Å². The highest BCUT2D eigenvalue weighted by molar-refractivity contribution is 5.86. The fourth-order valence-electron chi connectivity index (χ4n) is 6.35. The van der Waals surface area contributed by atoms with Gasteiger partial charge in [-0.25, -0.2) is 4.79 Å². The van der Waals surface area contributed by atoms with Gasteiger partial charge in [0, 0.05) is 33.4 Å². The van der Waals surface area contributed by atoms with Gasteiger partial charge in [-0.3, -0.25) is 4.79 Å². The van der Waals surface area contributed by atoms with Crippen LogP contribution in [0.15, 0.2) is 48.5 Å². The number of aliphatic hydroxyl groups excluding tert-OH is 3. The van der Waals surface area contributed by atoms with Crippen LogP contribution in [0.5, 0.6) is 0 Å². The molecule has 11 heteroatoms. The summed E-state index contributed by atoms with van der Waals surface area (Å²) in [4.78, 5) is 32.3. The monoisotopic (exact) mass is 563 g/mol. The zero-order chi connectivity index (χ0) is 29.2. The number of benzene rings is 2. The number of carbonyl (C=O) groups is 2. The molecular weight excluding hydrogens is 527 g/mol. The second-order valence-electron chi connectivity index (χ2n) is 10.7. The summed E-state index contributed by atoms with van der Waals surface area (Å²) in [5.74, 6) is -0.156.